The maximum Gasteiger partial charge on any atom is 0.410 e. The number of likely N-dealkylation sites (N-methyl/N-ethyl adjacent to an activating group) is 2. The summed E-state index contributed by atoms with van der Waals surface area (Å²) in [5.74, 6) is 6.88. The highest BCUT2D eigenvalue weighted by atomic mass is 16.6. The largest absolute Gasteiger partial charge is 0.497 e. The first-order valence-electron chi connectivity index (χ1n) is 23.2. The summed E-state index contributed by atoms with van der Waals surface area (Å²) in [5, 5.41) is 38.1. The third-order valence-corrected chi connectivity index (χ3v) is 12.6. The van der Waals surface area contributed by atoms with Crippen LogP contribution >= 0.6 is 0 Å². The molecule has 2 saturated heterocycles. The van der Waals surface area contributed by atoms with Crippen LogP contribution in [0.3, 0.4) is 0 Å². The molecule has 20 nitrogen and oxygen atoms in total. The Bertz CT molecular complexity index is 2650. The Morgan fingerprint density at radius 1 is 0.672 bits per heavy atom. The number of rotatable bonds is 10. The van der Waals surface area contributed by atoms with Crippen molar-refractivity contribution in [2.45, 2.75) is 52.1 Å². The van der Waals surface area contributed by atoms with E-state index >= 15 is 0 Å². The number of carbonyl (C=O) groups is 1. The minimum absolute atomic E-state index is 0.238. The van der Waals surface area contributed by atoms with Crippen LogP contribution in [0.4, 0.5) is 27.8 Å². The van der Waals surface area contributed by atoms with E-state index in [9.17, 15) is 4.79 Å². The molecule has 0 aliphatic carbocycles. The highest BCUT2D eigenvalue weighted by molar-refractivity contribution is 5.83. The number of benzene rings is 2. The molecule has 4 aromatic heterocycles. The molecule has 3 N–H and O–H groups in total. The second-order valence-corrected chi connectivity index (χ2v) is 18.4. The van der Waals surface area contributed by atoms with E-state index in [-0.39, 0.29) is 6.09 Å². The van der Waals surface area contributed by atoms with Gasteiger partial charge in [-0.15, -0.1) is 30.6 Å². The van der Waals surface area contributed by atoms with E-state index in [1.54, 1.807) is 28.2 Å². The molecule has 20 heteroatoms. The fourth-order valence-corrected chi connectivity index (χ4v) is 8.81. The van der Waals surface area contributed by atoms with Gasteiger partial charge in [0.25, 0.3) is 0 Å². The van der Waals surface area contributed by atoms with Crippen LogP contribution < -0.4 is 44.7 Å². The number of amides is 1. The summed E-state index contributed by atoms with van der Waals surface area (Å²) in [7, 11) is 7.40. The van der Waals surface area contributed by atoms with Crippen molar-refractivity contribution in [3.8, 4) is 45.8 Å². The van der Waals surface area contributed by atoms with Gasteiger partial charge in [-0.05, 0) is 120 Å². The van der Waals surface area contributed by atoms with Crippen molar-refractivity contribution in [2.24, 2.45) is 11.8 Å². The zero-order valence-electron chi connectivity index (χ0n) is 39.5. The third kappa shape index (κ3) is 9.84. The molecule has 356 valence electrons. The lowest BCUT2D eigenvalue weighted by Crippen LogP contribution is -2.42. The van der Waals surface area contributed by atoms with Crippen LogP contribution in [-0.2, 0) is 4.74 Å². The number of fused-ring (bicyclic) bond motifs is 6. The number of methoxy groups -OCH3 is 2. The number of hydrogen-bond donors (Lipinski definition) is 3. The van der Waals surface area contributed by atoms with Gasteiger partial charge in [-0.2, -0.15) is 9.03 Å². The Balaban J connectivity index is 0.000000171. The summed E-state index contributed by atoms with van der Waals surface area (Å²) in [6.45, 7) is 13.6. The van der Waals surface area contributed by atoms with Crippen LogP contribution in [0.5, 0.6) is 23.0 Å². The minimum Gasteiger partial charge on any atom is -0.497 e. The van der Waals surface area contributed by atoms with Crippen LogP contribution in [0.1, 0.15) is 46.5 Å². The number of likely N-dealkylation sites (tertiary alicyclic amines) is 1. The van der Waals surface area contributed by atoms with Gasteiger partial charge in [0.2, 0.25) is 11.3 Å². The molecular formula is C47H62N14O6. The van der Waals surface area contributed by atoms with E-state index in [1.807, 2.05) is 76.3 Å². The molecule has 67 heavy (non-hydrogen) atoms. The zero-order valence-corrected chi connectivity index (χ0v) is 39.5. The summed E-state index contributed by atoms with van der Waals surface area (Å²) < 4.78 is 31.7. The Morgan fingerprint density at radius 2 is 1.12 bits per heavy atom. The second-order valence-electron chi connectivity index (χ2n) is 18.4. The van der Waals surface area contributed by atoms with Crippen molar-refractivity contribution in [3.63, 3.8) is 0 Å². The van der Waals surface area contributed by atoms with Crippen LogP contribution in [-0.4, -0.2) is 150 Å². The van der Waals surface area contributed by atoms with Gasteiger partial charge in [-0.25, -0.2) is 4.79 Å². The first kappa shape index (κ1) is 45.3. The molecule has 4 aliphatic rings. The second kappa shape index (κ2) is 19.6. The van der Waals surface area contributed by atoms with Crippen LogP contribution in [0.25, 0.3) is 34.1 Å². The molecule has 0 spiro atoms. The number of aromatic nitrogens is 8. The molecule has 4 aliphatic heterocycles. The van der Waals surface area contributed by atoms with Gasteiger partial charge in [0, 0.05) is 51.4 Å². The molecule has 2 fully saturated rings. The van der Waals surface area contributed by atoms with Crippen molar-refractivity contribution in [3.05, 3.63) is 48.5 Å². The average Bonchev–Trinajstić information content (AvgIpc) is 3.98. The number of ether oxygens (including phenoxy) is 5. The molecule has 6 aromatic rings. The molecule has 0 unspecified atom stereocenters. The average molecular weight is 919 g/mol. The number of anilines is 4. The maximum absolute atomic E-state index is 12.4. The molecule has 10 rings (SSSR count). The lowest BCUT2D eigenvalue weighted by atomic mass is 9.97. The first-order chi connectivity index (χ1) is 32.5. The summed E-state index contributed by atoms with van der Waals surface area (Å²) >= 11 is 0. The molecule has 1 amide bonds. The molecular weight excluding hydrogens is 857 g/mol. The lowest BCUT2D eigenvalue weighted by Gasteiger charge is -2.34. The summed E-state index contributed by atoms with van der Waals surface area (Å²) in [4.78, 5) is 18.5. The predicted molar refractivity (Wildman–Crippen MR) is 256 cm³/mol. The normalized spacial score (nSPS) is 16.6. The number of nitrogens with zero attached hydrogens (tertiary/aromatic N) is 11. The van der Waals surface area contributed by atoms with Gasteiger partial charge in [-0.3, -0.25) is 0 Å². The minimum atomic E-state index is -0.486. The smallest absolute Gasteiger partial charge is 0.410 e. The molecule has 0 radical (unpaired) electrons. The van der Waals surface area contributed by atoms with Gasteiger partial charge < -0.3 is 54.3 Å². The predicted octanol–water partition coefficient (Wildman–Crippen LogP) is 5.73. The quantitative estimate of drug-likeness (QED) is 0.151. The molecule has 0 saturated carbocycles. The van der Waals surface area contributed by atoms with Crippen molar-refractivity contribution >= 4 is 40.4 Å². The highest BCUT2D eigenvalue weighted by Gasteiger charge is 2.31. The number of carbonyl (C=O) groups excluding carboxylic acids is 1. The van der Waals surface area contributed by atoms with Crippen molar-refractivity contribution in [2.75, 3.05) is 114 Å². The Labute approximate surface area is 390 Å². The Morgan fingerprint density at radius 3 is 1.55 bits per heavy atom. The standard InChI is InChI=1S/C26H35N7O4.C21H27N7O2/c1-26(2,3)37-25(34)32-12-10-17(11-13-32)16-27-22-20-21(36-15-14-31(20)4)24-29-28-23(33(24)30-22)18-6-8-19(35-5)9-7-18;1-27-11-12-30-18-17(27)19(23-13-14-7-9-22-10-8-14)26-28-20(24-25-21(18)28)15-3-5-16(29-2)6-4-15/h6-9,17H,10-16H2,1-5H3,(H,27,30);3-6,14,22H,7-13H2,1-2H3,(H,23,26). The van der Waals surface area contributed by atoms with E-state index in [4.69, 9.17) is 33.9 Å². The topological polar surface area (TPSA) is 195 Å². The summed E-state index contributed by atoms with van der Waals surface area (Å²) in [6, 6.07) is 15.4. The number of piperidine rings is 2. The van der Waals surface area contributed by atoms with Gasteiger partial charge in [0.05, 0.1) is 27.3 Å². The van der Waals surface area contributed by atoms with E-state index in [1.165, 1.54) is 12.8 Å². The fraction of sp³-hybridized carbons (Fsp3) is 0.511. The van der Waals surface area contributed by atoms with E-state index in [2.05, 4.69) is 53.2 Å². The van der Waals surface area contributed by atoms with E-state index in [0.29, 0.717) is 66.8 Å². The van der Waals surface area contributed by atoms with Gasteiger partial charge in [0.1, 0.15) is 41.7 Å². The van der Waals surface area contributed by atoms with Gasteiger partial charge in [0.15, 0.2) is 34.8 Å². The van der Waals surface area contributed by atoms with Gasteiger partial charge in [-0.1, -0.05) is 0 Å². The number of nitrogens with one attached hydrogen (secondary N) is 3. The maximum atomic E-state index is 12.4. The summed E-state index contributed by atoms with van der Waals surface area (Å²) in [5.41, 5.74) is 4.38. The van der Waals surface area contributed by atoms with E-state index < -0.39 is 5.60 Å². The van der Waals surface area contributed by atoms with Gasteiger partial charge >= 0.3 is 6.09 Å². The Kier molecular flexibility index (Phi) is 13.2. The first-order valence-corrected chi connectivity index (χ1v) is 23.2. The van der Waals surface area contributed by atoms with Crippen molar-refractivity contribution in [1.82, 2.24) is 49.8 Å². The Hall–Kier alpha value is -6.83. The van der Waals surface area contributed by atoms with Crippen LogP contribution in [0, 0.1) is 11.8 Å². The van der Waals surface area contributed by atoms with Crippen molar-refractivity contribution in [1.29, 1.82) is 0 Å². The molecule has 8 heterocycles. The SMILES string of the molecule is COc1ccc(-c2nnc3c4c(c(NCC5CCN(C(=O)OC(C)(C)C)CC5)nn23)N(C)CCO4)cc1.COc1ccc(-c2nnc3c4c(c(NCC5CCNCC5)nn23)N(C)CCO4)cc1. The fourth-order valence-electron chi connectivity index (χ4n) is 8.81. The zero-order chi connectivity index (χ0) is 46.7. The lowest BCUT2D eigenvalue weighted by molar-refractivity contribution is 0.0188. The molecule has 0 bridgehead atoms. The monoisotopic (exact) mass is 918 g/mol. The molecule has 2 aromatic carbocycles. The molecule has 0 atom stereocenters. The highest BCUT2D eigenvalue weighted by Crippen LogP contribution is 2.42. The number of hydrogen-bond acceptors (Lipinski definition) is 17. The van der Waals surface area contributed by atoms with Crippen LogP contribution in [0.2, 0.25) is 0 Å². The third-order valence-electron chi connectivity index (χ3n) is 12.6. The van der Waals surface area contributed by atoms with Crippen LogP contribution in [0.15, 0.2) is 48.5 Å². The van der Waals surface area contributed by atoms with Crippen molar-refractivity contribution < 1.29 is 28.5 Å². The van der Waals surface area contributed by atoms with E-state index in [0.717, 1.165) is 103 Å². The summed E-state index contributed by atoms with van der Waals surface area (Å²) in [6.07, 6.45) is 3.90.